The van der Waals surface area contributed by atoms with E-state index in [2.05, 4.69) is 13.8 Å². The van der Waals surface area contributed by atoms with Crippen LogP contribution in [0.1, 0.15) is 213 Å². The van der Waals surface area contributed by atoms with Crippen molar-refractivity contribution in [3.63, 3.8) is 0 Å². The van der Waals surface area contributed by atoms with Gasteiger partial charge in [0, 0.05) is 12.8 Å². The van der Waals surface area contributed by atoms with Gasteiger partial charge in [0.05, 0.1) is 6.61 Å². The van der Waals surface area contributed by atoms with Gasteiger partial charge in [0.25, 0.3) is 0 Å². The van der Waals surface area contributed by atoms with E-state index < -0.39 is 0 Å². The lowest BCUT2D eigenvalue weighted by molar-refractivity contribution is -0.143. The molecule has 0 atom stereocenters. The van der Waals surface area contributed by atoms with E-state index in [1.807, 2.05) is 6.92 Å². The van der Waals surface area contributed by atoms with E-state index in [4.69, 9.17) is 10.5 Å². The summed E-state index contributed by atoms with van der Waals surface area (Å²) in [6, 6.07) is 0. The lowest BCUT2D eigenvalue weighted by atomic mass is 10.0. The fourth-order valence-corrected chi connectivity index (χ4v) is 5.19. The van der Waals surface area contributed by atoms with Gasteiger partial charge >= 0.3 is 5.97 Å². The zero-order chi connectivity index (χ0) is 29.8. The Kier molecular flexibility index (Phi) is 39.0. The maximum atomic E-state index is 11.2. The van der Waals surface area contributed by atoms with Crippen molar-refractivity contribution in [1.29, 1.82) is 0 Å². The van der Waals surface area contributed by atoms with Crippen molar-refractivity contribution in [2.75, 3.05) is 6.61 Å². The van der Waals surface area contributed by atoms with Crippen LogP contribution in [0.2, 0.25) is 0 Å². The van der Waals surface area contributed by atoms with Crippen molar-refractivity contribution in [2.45, 2.75) is 213 Å². The van der Waals surface area contributed by atoms with Gasteiger partial charge in [-0.05, 0) is 19.8 Å². The van der Waals surface area contributed by atoms with Crippen LogP contribution in [0.3, 0.4) is 0 Å². The van der Waals surface area contributed by atoms with Crippen LogP contribution in [-0.4, -0.2) is 18.5 Å². The third-order valence-electron chi connectivity index (χ3n) is 7.82. The van der Waals surface area contributed by atoms with E-state index in [1.165, 1.54) is 167 Å². The zero-order valence-electron chi connectivity index (χ0n) is 27.7. The summed E-state index contributed by atoms with van der Waals surface area (Å²) in [5.74, 6) is -0.185. The molecule has 0 radical (unpaired) electrons. The summed E-state index contributed by atoms with van der Waals surface area (Å²) in [5, 5.41) is 0. The number of rotatable bonds is 31. The molecular formula is C36H73NO3. The van der Waals surface area contributed by atoms with E-state index >= 15 is 0 Å². The Labute approximate surface area is 251 Å². The molecule has 0 spiro atoms. The molecule has 2 N–H and O–H groups in total. The molecule has 0 aromatic carbocycles. The minimum absolute atomic E-state index is 0.0304. The molecule has 240 valence electrons. The Morgan fingerprint density at radius 2 is 0.650 bits per heavy atom. The highest BCUT2D eigenvalue weighted by Gasteiger charge is 2.00. The maximum absolute atomic E-state index is 11.2. The van der Waals surface area contributed by atoms with Crippen LogP contribution in [-0.2, 0) is 14.3 Å². The standard InChI is InChI=1S/C20H40O2.C16H33NO/c1-3-5-6-7-8-9-10-11-12-13-14-15-16-17-18-19-20(21)22-4-2;1-2-3-4-5-6-7-8-9-10-11-12-13-14-15-16(17)18/h3-19H2,1-2H3;2-15H2,1H3,(H2,17,18). The largest absolute Gasteiger partial charge is 0.466 e. The van der Waals surface area contributed by atoms with Crippen molar-refractivity contribution in [1.82, 2.24) is 0 Å². The van der Waals surface area contributed by atoms with Gasteiger partial charge < -0.3 is 10.5 Å². The fourth-order valence-electron chi connectivity index (χ4n) is 5.19. The SMILES string of the molecule is CCCCCCCCCCCCCCCC(N)=O.CCCCCCCCCCCCCCCCCC(=O)OCC. The number of hydrogen-bond donors (Lipinski definition) is 1. The monoisotopic (exact) mass is 568 g/mol. The fraction of sp³-hybridized carbons (Fsp3) is 0.944. The summed E-state index contributed by atoms with van der Waals surface area (Å²) in [6.45, 7) is 6.92. The van der Waals surface area contributed by atoms with Crippen molar-refractivity contribution >= 4 is 11.9 Å². The van der Waals surface area contributed by atoms with Gasteiger partial charge in [0.1, 0.15) is 0 Å². The quantitative estimate of drug-likeness (QED) is 0.0669. The first-order valence-corrected chi connectivity index (χ1v) is 18.0. The first kappa shape index (κ1) is 41.1. The first-order chi connectivity index (χ1) is 19.6. The highest BCUT2D eigenvalue weighted by molar-refractivity contribution is 5.73. The molecule has 0 saturated heterocycles. The minimum Gasteiger partial charge on any atom is -0.466 e. The lowest BCUT2D eigenvalue weighted by Crippen LogP contribution is -2.09. The summed E-state index contributed by atoms with van der Waals surface area (Å²) >= 11 is 0. The van der Waals surface area contributed by atoms with Crippen LogP contribution < -0.4 is 5.73 Å². The van der Waals surface area contributed by atoms with E-state index in [-0.39, 0.29) is 11.9 Å². The third-order valence-corrected chi connectivity index (χ3v) is 7.82. The molecule has 4 nitrogen and oxygen atoms in total. The van der Waals surface area contributed by atoms with E-state index in [0.717, 1.165) is 12.8 Å². The molecule has 0 aromatic rings. The van der Waals surface area contributed by atoms with Gasteiger partial charge in [-0.15, -0.1) is 0 Å². The molecule has 0 aliphatic heterocycles. The van der Waals surface area contributed by atoms with Gasteiger partial charge in [-0.25, -0.2) is 0 Å². The predicted octanol–water partition coefficient (Wildman–Crippen LogP) is 11.8. The number of unbranched alkanes of at least 4 members (excludes halogenated alkanes) is 26. The maximum Gasteiger partial charge on any atom is 0.305 e. The van der Waals surface area contributed by atoms with E-state index in [9.17, 15) is 9.59 Å². The molecule has 0 unspecified atom stereocenters. The van der Waals surface area contributed by atoms with Gasteiger partial charge in [-0.1, -0.05) is 181 Å². The van der Waals surface area contributed by atoms with Gasteiger partial charge in [0.2, 0.25) is 5.91 Å². The van der Waals surface area contributed by atoms with Crippen molar-refractivity contribution in [3.05, 3.63) is 0 Å². The second kappa shape index (κ2) is 37.9. The molecule has 0 rings (SSSR count). The number of esters is 1. The topological polar surface area (TPSA) is 69.4 Å². The normalized spacial score (nSPS) is 10.8. The average Bonchev–Trinajstić information content (AvgIpc) is 2.94. The lowest BCUT2D eigenvalue weighted by Gasteiger charge is -2.03. The van der Waals surface area contributed by atoms with E-state index in [0.29, 0.717) is 19.4 Å². The molecule has 0 saturated carbocycles. The van der Waals surface area contributed by atoms with Gasteiger partial charge in [0.15, 0.2) is 0 Å². The van der Waals surface area contributed by atoms with E-state index in [1.54, 1.807) is 0 Å². The Morgan fingerprint density at radius 1 is 0.400 bits per heavy atom. The second-order valence-corrected chi connectivity index (χ2v) is 12.0. The van der Waals surface area contributed by atoms with Crippen molar-refractivity contribution < 1.29 is 14.3 Å². The molecule has 0 aliphatic rings. The third kappa shape index (κ3) is 41.4. The Morgan fingerprint density at radius 3 is 0.900 bits per heavy atom. The number of nitrogens with two attached hydrogens (primary N) is 1. The Hall–Kier alpha value is -1.06. The molecule has 0 aromatic heterocycles. The number of carbonyl (C=O) groups is 2. The van der Waals surface area contributed by atoms with Gasteiger partial charge in [-0.3, -0.25) is 9.59 Å². The van der Waals surface area contributed by atoms with Gasteiger partial charge in [-0.2, -0.15) is 0 Å². The van der Waals surface area contributed by atoms with Crippen LogP contribution >= 0.6 is 0 Å². The number of ether oxygens (including phenoxy) is 1. The number of carbonyl (C=O) groups excluding carboxylic acids is 2. The molecular weight excluding hydrogens is 494 g/mol. The van der Waals surface area contributed by atoms with Crippen LogP contribution in [0.25, 0.3) is 0 Å². The predicted molar refractivity (Wildman–Crippen MR) is 176 cm³/mol. The highest BCUT2D eigenvalue weighted by atomic mass is 16.5. The van der Waals surface area contributed by atoms with Crippen LogP contribution in [0.15, 0.2) is 0 Å². The summed E-state index contributed by atoms with van der Waals surface area (Å²) in [7, 11) is 0. The number of amides is 1. The molecule has 40 heavy (non-hydrogen) atoms. The molecule has 0 aliphatic carbocycles. The minimum atomic E-state index is -0.155. The average molecular weight is 568 g/mol. The summed E-state index contributed by atoms with van der Waals surface area (Å²) in [6.07, 6.45) is 38.9. The molecule has 0 heterocycles. The van der Waals surface area contributed by atoms with Crippen molar-refractivity contribution in [3.8, 4) is 0 Å². The Bertz CT molecular complexity index is 494. The van der Waals surface area contributed by atoms with Crippen molar-refractivity contribution in [2.24, 2.45) is 5.73 Å². The number of primary amides is 1. The summed E-state index contributed by atoms with van der Waals surface area (Å²) in [5.41, 5.74) is 5.09. The molecule has 0 fully saturated rings. The molecule has 0 bridgehead atoms. The summed E-state index contributed by atoms with van der Waals surface area (Å²) < 4.78 is 4.92. The molecule has 4 heteroatoms. The highest BCUT2D eigenvalue weighted by Crippen LogP contribution is 2.14. The smallest absolute Gasteiger partial charge is 0.305 e. The van der Waals surface area contributed by atoms with Crippen LogP contribution in [0, 0.1) is 0 Å². The second-order valence-electron chi connectivity index (χ2n) is 12.0. The van der Waals surface area contributed by atoms with Crippen LogP contribution in [0.4, 0.5) is 0 Å². The number of hydrogen-bond acceptors (Lipinski definition) is 3. The van der Waals surface area contributed by atoms with Crippen LogP contribution in [0.5, 0.6) is 0 Å². The first-order valence-electron chi connectivity index (χ1n) is 18.0. The zero-order valence-corrected chi connectivity index (χ0v) is 27.7. The summed E-state index contributed by atoms with van der Waals surface area (Å²) in [4.78, 5) is 21.7. The Balaban J connectivity index is 0. The molecule has 1 amide bonds.